The van der Waals surface area contributed by atoms with E-state index >= 15 is 0 Å². The second kappa shape index (κ2) is 4.11. The molecule has 0 aliphatic rings. The van der Waals surface area contributed by atoms with Crippen molar-refractivity contribution in [3.8, 4) is 0 Å². The number of hydrogen-bond acceptors (Lipinski definition) is 2. The van der Waals surface area contributed by atoms with Gasteiger partial charge >= 0.3 is 5.97 Å². The highest BCUT2D eigenvalue weighted by atomic mass is 16.4. The summed E-state index contributed by atoms with van der Waals surface area (Å²) in [6.07, 6.45) is 0. The van der Waals surface area contributed by atoms with Crippen molar-refractivity contribution in [2.45, 2.75) is 6.92 Å². The van der Waals surface area contributed by atoms with Crippen LogP contribution in [-0.2, 0) is 0 Å². The third-order valence-electron chi connectivity index (χ3n) is 2.35. The van der Waals surface area contributed by atoms with E-state index in [1.54, 1.807) is 0 Å². The van der Waals surface area contributed by atoms with Gasteiger partial charge in [0, 0.05) is 0 Å². The summed E-state index contributed by atoms with van der Waals surface area (Å²) in [5.74, 6) is -0.862. The largest absolute Gasteiger partial charge is 0.478 e. The summed E-state index contributed by atoms with van der Waals surface area (Å²) in [4.78, 5) is 11.0. The first-order valence-corrected chi connectivity index (χ1v) is 4.42. The zero-order valence-corrected chi connectivity index (χ0v) is 8.53. The molecule has 0 amide bonds. The lowest BCUT2D eigenvalue weighted by Crippen LogP contribution is -2.00. The Bertz CT molecular complexity index is 506. The molecule has 0 aliphatic carbocycles. The van der Waals surface area contributed by atoms with Gasteiger partial charge in [-0.3, -0.25) is 0 Å². The van der Waals surface area contributed by atoms with Gasteiger partial charge in [0.05, 0.1) is 5.56 Å². The highest BCUT2D eigenvalue weighted by molar-refractivity contribution is 6.04. The first-order chi connectivity index (χ1) is 6.70. The molecule has 0 fully saturated rings. The van der Waals surface area contributed by atoms with Gasteiger partial charge in [-0.05, 0) is 23.3 Å². The Balaban J connectivity index is 0.00000112. The van der Waals surface area contributed by atoms with E-state index in [4.69, 9.17) is 5.11 Å². The number of hydrogen-bond donors (Lipinski definition) is 2. The Morgan fingerprint density at radius 1 is 1.13 bits per heavy atom. The second-order valence-electron chi connectivity index (χ2n) is 3.28. The van der Waals surface area contributed by atoms with Crippen molar-refractivity contribution in [3.05, 3.63) is 47.5 Å². The topological polar surface area (TPSA) is 72.3 Å². The van der Waals surface area contributed by atoms with Crippen LogP contribution in [0.4, 0.5) is 0 Å². The normalized spacial score (nSPS) is 9.67. The van der Waals surface area contributed by atoms with Crippen molar-refractivity contribution in [1.29, 1.82) is 0 Å². The lowest BCUT2D eigenvalue weighted by atomic mass is 10.00. The molecule has 0 aliphatic heterocycles. The summed E-state index contributed by atoms with van der Waals surface area (Å²) in [7, 11) is 0. The Morgan fingerprint density at radius 2 is 1.80 bits per heavy atom. The zero-order chi connectivity index (χ0) is 10.1. The van der Waals surface area contributed by atoms with E-state index in [9.17, 15) is 4.79 Å². The van der Waals surface area contributed by atoms with Gasteiger partial charge in [-0.25, -0.2) is 4.79 Å². The maximum absolute atomic E-state index is 11.0. The molecule has 0 saturated heterocycles. The number of rotatable bonds is 1. The van der Waals surface area contributed by atoms with Crippen molar-refractivity contribution in [2.24, 2.45) is 0 Å². The number of benzene rings is 2. The van der Waals surface area contributed by atoms with Crippen LogP contribution in [0.25, 0.3) is 10.8 Å². The lowest BCUT2D eigenvalue weighted by molar-refractivity contribution is 0.0698. The molecule has 0 bridgehead atoms. The maximum atomic E-state index is 11.0. The van der Waals surface area contributed by atoms with Gasteiger partial charge in [-0.15, -0.1) is 0 Å². The lowest BCUT2D eigenvalue weighted by Gasteiger charge is -2.05. The minimum Gasteiger partial charge on any atom is -0.478 e. The number of carboxylic acids is 1. The van der Waals surface area contributed by atoms with Crippen molar-refractivity contribution >= 4 is 16.7 Å². The van der Waals surface area contributed by atoms with E-state index in [0.717, 1.165) is 16.3 Å². The van der Waals surface area contributed by atoms with Crippen molar-refractivity contribution in [1.82, 2.24) is 6.15 Å². The van der Waals surface area contributed by atoms with Crippen LogP contribution in [0.3, 0.4) is 0 Å². The number of carbonyl (C=O) groups is 1. The smallest absolute Gasteiger partial charge is 0.336 e. The summed E-state index contributed by atoms with van der Waals surface area (Å²) in [6, 6.07) is 11.3. The highest BCUT2D eigenvalue weighted by Gasteiger charge is 2.10. The van der Waals surface area contributed by atoms with Crippen LogP contribution in [0, 0.1) is 6.92 Å². The van der Waals surface area contributed by atoms with Gasteiger partial charge in [0.1, 0.15) is 0 Å². The Kier molecular flexibility index (Phi) is 3.07. The molecule has 3 nitrogen and oxygen atoms in total. The summed E-state index contributed by atoms with van der Waals surface area (Å²) in [6.45, 7) is 1.82. The molecule has 15 heavy (non-hydrogen) atoms. The molecule has 78 valence electrons. The molecular weight excluding hydrogens is 190 g/mol. The third-order valence-corrected chi connectivity index (χ3v) is 2.35. The Hall–Kier alpha value is -1.87. The third kappa shape index (κ3) is 1.82. The predicted octanol–water partition coefficient (Wildman–Crippen LogP) is 3.01. The molecule has 0 unspecified atom stereocenters. The van der Waals surface area contributed by atoms with E-state index < -0.39 is 5.97 Å². The van der Waals surface area contributed by atoms with Crippen LogP contribution in [0.1, 0.15) is 15.9 Å². The van der Waals surface area contributed by atoms with Crippen molar-refractivity contribution in [3.63, 3.8) is 0 Å². The number of aromatic carboxylic acids is 1. The first-order valence-electron chi connectivity index (χ1n) is 4.42. The predicted molar refractivity (Wildman–Crippen MR) is 60.7 cm³/mol. The van der Waals surface area contributed by atoms with E-state index in [0.29, 0.717) is 5.56 Å². The van der Waals surface area contributed by atoms with E-state index in [1.165, 1.54) is 0 Å². The van der Waals surface area contributed by atoms with Gasteiger partial charge in [0.15, 0.2) is 0 Å². The van der Waals surface area contributed by atoms with Crippen LogP contribution < -0.4 is 6.15 Å². The molecule has 2 aromatic rings. The fourth-order valence-corrected chi connectivity index (χ4v) is 1.66. The van der Waals surface area contributed by atoms with Crippen molar-refractivity contribution < 1.29 is 9.90 Å². The molecule has 0 atom stereocenters. The molecule has 0 heterocycles. The Labute approximate surface area is 87.9 Å². The van der Waals surface area contributed by atoms with E-state index in [-0.39, 0.29) is 6.15 Å². The van der Waals surface area contributed by atoms with Crippen LogP contribution in [0.2, 0.25) is 0 Å². The van der Waals surface area contributed by atoms with Gasteiger partial charge in [-0.2, -0.15) is 0 Å². The van der Waals surface area contributed by atoms with Crippen molar-refractivity contribution in [2.75, 3.05) is 0 Å². The van der Waals surface area contributed by atoms with Crippen LogP contribution >= 0.6 is 0 Å². The number of aryl methyl sites for hydroxylation is 1. The van der Waals surface area contributed by atoms with Gasteiger partial charge in [0.2, 0.25) is 0 Å². The molecular formula is C12H13NO2. The highest BCUT2D eigenvalue weighted by Crippen LogP contribution is 2.21. The quantitative estimate of drug-likeness (QED) is 0.748. The number of carboxylic acid groups (broad SMARTS) is 1. The molecule has 3 heteroatoms. The maximum Gasteiger partial charge on any atom is 0.336 e. The van der Waals surface area contributed by atoms with Crippen LogP contribution in [-0.4, -0.2) is 11.1 Å². The second-order valence-corrected chi connectivity index (χ2v) is 3.28. The molecule has 0 saturated carbocycles. The molecule has 0 aromatic heterocycles. The molecule has 0 radical (unpaired) electrons. The minimum atomic E-state index is -0.862. The first kappa shape index (κ1) is 11.2. The molecule has 4 N–H and O–H groups in total. The summed E-state index contributed by atoms with van der Waals surface area (Å²) in [5, 5.41) is 10.8. The minimum absolute atomic E-state index is 0. The van der Waals surface area contributed by atoms with Crippen LogP contribution in [0.15, 0.2) is 36.4 Å². The van der Waals surface area contributed by atoms with Gasteiger partial charge in [0.25, 0.3) is 0 Å². The summed E-state index contributed by atoms with van der Waals surface area (Å²) in [5.41, 5.74) is 1.21. The van der Waals surface area contributed by atoms with Gasteiger partial charge in [-0.1, -0.05) is 36.4 Å². The van der Waals surface area contributed by atoms with E-state index in [2.05, 4.69) is 0 Å². The summed E-state index contributed by atoms with van der Waals surface area (Å²) < 4.78 is 0. The van der Waals surface area contributed by atoms with Gasteiger partial charge < -0.3 is 11.3 Å². The average molecular weight is 203 g/mol. The fraction of sp³-hybridized carbons (Fsp3) is 0.0833. The monoisotopic (exact) mass is 203 g/mol. The standard InChI is InChI=1S/C12H10O2.H3N/c1-8-6-7-9-4-2-3-5-10(9)11(8)12(13)14;/h2-7H,1H3,(H,13,14);1H3. The fourth-order valence-electron chi connectivity index (χ4n) is 1.66. The summed E-state index contributed by atoms with van der Waals surface area (Å²) >= 11 is 0. The SMILES string of the molecule is Cc1ccc2ccccc2c1C(=O)O.N. The average Bonchev–Trinajstić information content (AvgIpc) is 2.17. The van der Waals surface area contributed by atoms with Crippen LogP contribution in [0.5, 0.6) is 0 Å². The Morgan fingerprint density at radius 3 is 2.47 bits per heavy atom. The molecule has 0 spiro atoms. The van der Waals surface area contributed by atoms with E-state index in [1.807, 2.05) is 43.3 Å². The molecule has 2 rings (SSSR count). The zero-order valence-electron chi connectivity index (χ0n) is 8.53. The number of fused-ring (bicyclic) bond motifs is 1. The molecule has 2 aromatic carbocycles.